The van der Waals surface area contributed by atoms with Crippen molar-refractivity contribution in [2.75, 3.05) is 0 Å². The monoisotopic (exact) mass is 300 g/mol. The Balaban J connectivity index is 1.92. The van der Waals surface area contributed by atoms with E-state index in [1.54, 1.807) is 0 Å². The Labute approximate surface area is 136 Å². The molecule has 0 spiro atoms. The van der Waals surface area contributed by atoms with Crippen LogP contribution in [0, 0.1) is 0 Å². The molecule has 4 aromatic rings. The van der Waals surface area contributed by atoms with Crippen molar-refractivity contribution in [3.05, 3.63) is 72.3 Å². The molecule has 23 heavy (non-hydrogen) atoms. The number of hydrogen-bond acceptors (Lipinski definition) is 1. The highest BCUT2D eigenvalue weighted by Gasteiger charge is 2.15. The molecular weight excluding hydrogens is 280 g/mol. The highest BCUT2D eigenvalue weighted by molar-refractivity contribution is 6.09. The van der Waals surface area contributed by atoms with Gasteiger partial charge < -0.3 is 4.42 Å². The van der Waals surface area contributed by atoms with E-state index in [4.69, 9.17) is 4.42 Å². The predicted molar refractivity (Wildman–Crippen MR) is 97.9 cm³/mol. The van der Waals surface area contributed by atoms with E-state index in [1.807, 2.05) is 12.1 Å². The van der Waals surface area contributed by atoms with Crippen molar-refractivity contribution < 1.29 is 4.42 Å². The summed E-state index contributed by atoms with van der Waals surface area (Å²) in [4.78, 5) is 0. The fourth-order valence-electron chi connectivity index (χ4n) is 3.12. The van der Waals surface area contributed by atoms with Gasteiger partial charge in [0.2, 0.25) is 0 Å². The quantitative estimate of drug-likeness (QED) is 0.388. The molecule has 114 valence electrons. The highest BCUT2D eigenvalue weighted by atomic mass is 16.3. The van der Waals surface area contributed by atoms with E-state index in [1.165, 1.54) is 21.9 Å². The maximum absolute atomic E-state index is 6.14. The fraction of sp³-hybridized carbons (Fsp3) is 0.182. The second-order valence-electron chi connectivity index (χ2n) is 7.11. The highest BCUT2D eigenvalue weighted by Crippen LogP contribution is 2.36. The second kappa shape index (κ2) is 4.99. The van der Waals surface area contributed by atoms with Gasteiger partial charge in [-0.2, -0.15) is 0 Å². The minimum atomic E-state index is 0.171. The third-order valence-corrected chi connectivity index (χ3v) is 4.47. The first-order valence-electron chi connectivity index (χ1n) is 8.05. The number of benzene rings is 3. The normalized spacial score (nSPS) is 12.1. The minimum Gasteiger partial charge on any atom is -0.455 e. The van der Waals surface area contributed by atoms with Gasteiger partial charge in [-0.3, -0.25) is 0 Å². The number of fused-ring (bicyclic) bond motifs is 3. The smallest absolute Gasteiger partial charge is 0.143 e. The minimum absolute atomic E-state index is 0.171. The van der Waals surface area contributed by atoms with Crippen LogP contribution in [0.3, 0.4) is 0 Å². The average Bonchev–Trinajstić information content (AvgIpc) is 2.93. The van der Waals surface area contributed by atoms with E-state index in [2.05, 4.69) is 75.4 Å². The SMILES string of the molecule is CC(C)(C)c1ccc(-c2cccc3c2oc2ccccc23)cc1. The first-order valence-corrected chi connectivity index (χ1v) is 8.05. The van der Waals surface area contributed by atoms with Crippen LogP contribution in [0.1, 0.15) is 26.3 Å². The second-order valence-corrected chi connectivity index (χ2v) is 7.11. The van der Waals surface area contributed by atoms with Crippen molar-refractivity contribution in [3.63, 3.8) is 0 Å². The Morgan fingerprint density at radius 3 is 2.13 bits per heavy atom. The molecule has 0 N–H and O–H groups in total. The largest absolute Gasteiger partial charge is 0.455 e. The van der Waals surface area contributed by atoms with Gasteiger partial charge in [0, 0.05) is 16.3 Å². The number of para-hydroxylation sites is 2. The summed E-state index contributed by atoms with van der Waals surface area (Å²) in [5.41, 5.74) is 5.78. The van der Waals surface area contributed by atoms with Crippen LogP contribution in [0.4, 0.5) is 0 Å². The molecule has 0 aliphatic heterocycles. The Morgan fingerprint density at radius 1 is 0.696 bits per heavy atom. The lowest BCUT2D eigenvalue weighted by atomic mass is 9.86. The summed E-state index contributed by atoms with van der Waals surface area (Å²) in [6.45, 7) is 6.71. The van der Waals surface area contributed by atoms with E-state index in [9.17, 15) is 0 Å². The maximum atomic E-state index is 6.14. The molecule has 0 radical (unpaired) electrons. The van der Waals surface area contributed by atoms with E-state index in [0.717, 1.165) is 16.7 Å². The van der Waals surface area contributed by atoms with E-state index < -0.39 is 0 Å². The lowest BCUT2D eigenvalue weighted by Crippen LogP contribution is -2.10. The molecule has 1 aromatic heterocycles. The molecule has 0 fully saturated rings. The van der Waals surface area contributed by atoms with Crippen LogP contribution in [-0.4, -0.2) is 0 Å². The zero-order valence-corrected chi connectivity index (χ0v) is 13.8. The molecule has 0 amide bonds. The summed E-state index contributed by atoms with van der Waals surface area (Å²) in [7, 11) is 0. The van der Waals surface area contributed by atoms with Crippen molar-refractivity contribution in [1.29, 1.82) is 0 Å². The van der Waals surface area contributed by atoms with E-state index in [-0.39, 0.29) is 5.41 Å². The molecule has 0 saturated heterocycles. The van der Waals surface area contributed by atoms with Gasteiger partial charge in [-0.25, -0.2) is 0 Å². The van der Waals surface area contributed by atoms with Gasteiger partial charge in [-0.15, -0.1) is 0 Å². The van der Waals surface area contributed by atoms with Crippen LogP contribution in [0.2, 0.25) is 0 Å². The summed E-state index contributed by atoms with van der Waals surface area (Å²) >= 11 is 0. The maximum Gasteiger partial charge on any atom is 0.143 e. The van der Waals surface area contributed by atoms with Gasteiger partial charge in [0.1, 0.15) is 11.2 Å². The van der Waals surface area contributed by atoms with Crippen LogP contribution in [0.25, 0.3) is 33.1 Å². The molecule has 1 nitrogen and oxygen atoms in total. The third-order valence-electron chi connectivity index (χ3n) is 4.47. The van der Waals surface area contributed by atoms with Crippen molar-refractivity contribution in [2.45, 2.75) is 26.2 Å². The zero-order valence-electron chi connectivity index (χ0n) is 13.8. The Morgan fingerprint density at radius 2 is 1.39 bits per heavy atom. The standard InChI is InChI=1S/C22H20O/c1-22(2,3)16-13-11-15(12-14-16)17-8-6-9-19-18-7-4-5-10-20(18)23-21(17)19/h4-14H,1-3H3. The molecule has 0 unspecified atom stereocenters. The summed E-state index contributed by atoms with van der Waals surface area (Å²) in [6.07, 6.45) is 0. The van der Waals surface area contributed by atoms with Gasteiger partial charge in [0.05, 0.1) is 0 Å². The van der Waals surface area contributed by atoms with Crippen molar-refractivity contribution in [3.8, 4) is 11.1 Å². The average molecular weight is 300 g/mol. The summed E-state index contributed by atoms with van der Waals surface area (Å²) in [5, 5.41) is 2.36. The lowest BCUT2D eigenvalue weighted by Gasteiger charge is -2.19. The van der Waals surface area contributed by atoms with Crippen molar-refractivity contribution in [1.82, 2.24) is 0 Å². The van der Waals surface area contributed by atoms with Gasteiger partial charge >= 0.3 is 0 Å². The number of rotatable bonds is 1. The zero-order chi connectivity index (χ0) is 16.0. The molecule has 0 aliphatic rings. The van der Waals surface area contributed by atoms with Crippen LogP contribution < -0.4 is 0 Å². The van der Waals surface area contributed by atoms with Gasteiger partial charge in [-0.05, 0) is 22.6 Å². The molecule has 1 heterocycles. The van der Waals surface area contributed by atoms with E-state index in [0.29, 0.717) is 0 Å². The molecule has 0 atom stereocenters. The summed E-state index contributed by atoms with van der Waals surface area (Å²) in [6, 6.07) is 23.4. The molecule has 4 rings (SSSR count). The predicted octanol–water partition coefficient (Wildman–Crippen LogP) is 6.55. The molecular formula is C22H20O. The van der Waals surface area contributed by atoms with Gasteiger partial charge in [0.25, 0.3) is 0 Å². The topological polar surface area (TPSA) is 13.1 Å². The molecule has 0 aliphatic carbocycles. The Bertz CT molecular complexity index is 982. The first kappa shape index (κ1) is 14.1. The number of hydrogen-bond donors (Lipinski definition) is 0. The van der Waals surface area contributed by atoms with Crippen LogP contribution in [-0.2, 0) is 5.41 Å². The molecule has 0 bridgehead atoms. The Hall–Kier alpha value is -2.54. The van der Waals surface area contributed by atoms with E-state index >= 15 is 0 Å². The van der Waals surface area contributed by atoms with Crippen LogP contribution >= 0.6 is 0 Å². The lowest BCUT2D eigenvalue weighted by molar-refractivity contribution is 0.590. The third kappa shape index (κ3) is 2.33. The van der Waals surface area contributed by atoms with Crippen molar-refractivity contribution in [2.24, 2.45) is 0 Å². The fourth-order valence-corrected chi connectivity index (χ4v) is 3.12. The van der Waals surface area contributed by atoms with Crippen LogP contribution in [0.15, 0.2) is 71.1 Å². The first-order chi connectivity index (χ1) is 11.0. The Kier molecular flexibility index (Phi) is 3.05. The van der Waals surface area contributed by atoms with Gasteiger partial charge in [0.15, 0.2) is 0 Å². The molecule has 3 aromatic carbocycles. The summed E-state index contributed by atoms with van der Waals surface area (Å²) in [5.74, 6) is 0. The summed E-state index contributed by atoms with van der Waals surface area (Å²) < 4.78 is 6.14. The number of furan rings is 1. The van der Waals surface area contributed by atoms with Crippen molar-refractivity contribution >= 4 is 21.9 Å². The molecule has 0 saturated carbocycles. The van der Waals surface area contributed by atoms with Gasteiger partial charge in [-0.1, -0.05) is 81.4 Å². The molecule has 1 heteroatoms. The van der Waals surface area contributed by atoms with Crippen LogP contribution in [0.5, 0.6) is 0 Å².